The van der Waals surface area contributed by atoms with Crippen molar-refractivity contribution in [1.29, 1.82) is 0 Å². The molecular formula is C61H41BN2S. The van der Waals surface area contributed by atoms with Gasteiger partial charge in [0.2, 0.25) is 0 Å². The highest BCUT2D eigenvalue weighted by molar-refractivity contribution is 7.30. The maximum Gasteiger partial charge on any atom is 0.264 e. The highest BCUT2D eigenvalue weighted by Gasteiger charge is 2.56. The molecule has 2 aliphatic carbocycles. The molecule has 1 aromatic heterocycles. The monoisotopic (exact) mass is 844 g/mol. The number of aryl methyl sites for hydroxylation is 2. The van der Waals surface area contributed by atoms with Crippen molar-refractivity contribution in [2.24, 2.45) is 0 Å². The topological polar surface area (TPSA) is 6.48 Å². The third-order valence-electron chi connectivity index (χ3n) is 14.5. The Morgan fingerprint density at radius 2 is 0.969 bits per heavy atom. The van der Waals surface area contributed by atoms with E-state index < -0.39 is 5.41 Å². The van der Waals surface area contributed by atoms with Crippen LogP contribution >= 0.6 is 11.3 Å². The zero-order valence-electron chi connectivity index (χ0n) is 36.1. The summed E-state index contributed by atoms with van der Waals surface area (Å²) < 4.78 is 1.40. The van der Waals surface area contributed by atoms with Crippen molar-refractivity contribution >= 4 is 67.9 Å². The molecule has 10 aromatic rings. The fourth-order valence-electron chi connectivity index (χ4n) is 12.0. The molecular weight excluding hydrogens is 804 g/mol. The first-order valence-corrected chi connectivity index (χ1v) is 23.5. The smallest absolute Gasteiger partial charge is 0.264 e. The second-order valence-electron chi connectivity index (χ2n) is 18.1. The van der Waals surface area contributed by atoms with Gasteiger partial charge in [-0.15, -0.1) is 11.3 Å². The number of rotatable bonds is 4. The van der Waals surface area contributed by atoms with Gasteiger partial charge in [0, 0.05) is 43.7 Å². The quantitative estimate of drug-likeness (QED) is 0.163. The van der Waals surface area contributed by atoms with Crippen LogP contribution in [0.25, 0.3) is 44.5 Å². The van der Waals surface area contributed by atoms with Gasteiger partial charge in [0.1, 0.15) is 0 Å². The summed E-state index contributed by atoms with van der Waals surface area (Å²) in [4.78, 5) is 6.60. The average molecular weight is 845 g/mol. The van der Waals surface area contributed by atoms with Crippen LogP contribution < -0.4 is 25.5 Å². The van der Waals surface area contributed by atoms with Crippen molar-refractivity contribution < 1.29 is 0 Å². The van der Waals surface area contributed by atoms with Gasteiger partial charge in [-0.2, -0.15) is 0 Å². The number of benzene rings is 9. The number of thiophene rings is 1. The normalized spacial score (nSPS) is 14.0. The Bertz CT molecular complexity index is 3550. The van der Waals surface area contributed by atoms with Gasteiger partial charge in [-0.3, -0.25) is 0 Å². The number of hydrogen-bond donors (Lipinski definition) is 0. The van der Waals surface area contributed by atoms with Gasteiger partial charge in [-0.1, -0.05) is 175 Å². The minimum absolute atomic E-state index is 0.00243. The van der Waals surface area contributed by atoms with E-state index in [1.54, 1.807) is 0 Å². The highest BCUT2D eigenvalue weighted by atomic mass is 32.1. The van der Waals surface area contributed by atoms with Crippen LogP contribution in [0.15, 0.2) is 212 Å². The van der Waals surface area contributed by atoms with Crippen LogP contribution in [0.4, 0.5) is 34.1 Å². The van der Waals surface area contributed by atoms with Crippen LogP contribution in [0.1, 0.15) is 32.7 Å². The predicted molar refractivity (Wildman–Crippen MR) is 275 cm³/mol. The molecule has 0 N–H and O–H groups in total. The summed E-state index contributed by atoms with van der Waals surface area (Å²) in [7, 11) is 0. The van der Waals surface area contributed by atoms with Crippen molar-refractivity contribution in [1.82, 2.24) is 0 Å². The third-order valence-corrected chi connectivity index (χ3v) is 15.9. The largest absolute Gasteiger partial charge is 0.311 e. The molecule has 0 bridgehead atoms. The first-order valence-electron chi connectivity index (χ1n) is 22.7. The lowest BCUT2D eigenvalue weighted by Crippen LogP contribution is -2.60. The Hall–Kier alpha value is -7.66. The summed E-state index contributed by atoms with van der Waals surface area (Å²) in [6.45, 7) is 4.52. The number of hydrogen-bond acceptors (Lipinski definition) is 3. The minimum atomic E-state index is -0.447. The standard InChI is InChI=1S/C61H41BN2S/c1-38-30-32-48-51(34-38)61(49-28-16-14-26-46(49)47-27-15-17-29-50(47)61)59-56(48)58-60(65-59)62-52-33-31-41(45-25-13-12-24-44(45)40-18-6-3-7-19-40)37-53(52)63(42-20-8-4-9-21-42)54-35-39(2)36-55(57(54)62)64(58)43-22-10-5-11-23-43/h3-37H,1-2H3. The maximum absolute atomic E-state index is 2.63. The molecule has 0 amide bonds. The van der Waals surface area contributed by atoms with Crippen molar-refractivity contribution in [2.45, 2.75) is 19.3 Å². The summed E-state index contributed by atoms with van der Waals surface area (Å²) in [5, 5.41) is 0. The van der Waals surface area contributed by atoms with Crippen LogP contribution in [0.5, 0.6) is 0 Å². The first kappa shape index (κ1) is 36.8. The molecule has 9 aromatic carbocycles. The van der Waals surface area contributed by atoms with E-state index in [1.807, 2.05) is 0 Å². The van der Waals surface area contributed by atoms with Crippen LogP contribution in [0.3, 0.4) is 0 Å². The summed E-state index contributed by atoms with van der Waals surface area (Å²) in [6, 6.07) is 79.7. The third kappa shape index (κ3) is 4.95. The summed E-state index contributed by atoms with van der Waals surface area (Å²) >= 11 is 2.05. The Balaban J connectivity index is 1.11. The lowest BCUT2D eigenvalue weighted by atomic mass is 9.36. The fourth-order valence-corrected chi connectivity index (χ4v) is 13.7. The van der Waals surface area contributed by atoms with Gasteiger partial charge in [0.25, 0.3) is 6.71 Å². The zero-order valence-corrected chi connectivity index (χ0v) is 36.9. The Labute approximate surface area is 384 Å². The molecule has 65 heavy (non-hydrogen) atoms. The van der Waals surface area contributed by atoms with Gasteiger partial charge in [0.15, 0.2) is 0 Å². The van der Waals surface area contributed by atoms with Gasteiger partial charge < -0.3 is 9.80 Å². The predicted octanol–water partition coefficient (Wildman–Crippen LogP) is 14.1. The van der Waals surface area contributed by atoms with Gasteiger partial charge in [-0.05, 0) is 128 Å². The maximum atomic E-state index is 2.63. The Morgan fingerprint density at radius 1 is 0.415 bits per heavy atom. The van der Waals surface area contributed by atoms with Crippen molar-refractivity contribution in [3.8, 4) is 44.5 Å². The van der Waals surface area contributed by atoms with Crippen molar-refractivity contribution in [2.75, 3.05) is 9.80 Å². The van der Waals surface area contributed by atoms with E-state index in [1.165, 1.54) is 121 Å². The molecule has 0 radical (unpaired) electrons. The molecule has 1 spiro atoms. The number of anilines is 6. The average Bonchev–Trinajstić information content (AvgIpc) is 3.98. The van der Waals surface area contributed by atoms with Crippen LogP contribution in [0.2, 0.25) is 0 Å². The SMILES string of the molecule is Cc1cc2c3c(c1)N(c1ccccc1)c1c(sc4c1-c1ccc(C)cc1C41c4ccccc4-c4ccccc41)B3c1ccc(-c3ccccc3-c3ccccc3)cc1N2c1ccccc1. The van der Waals surface area contributed by atoms with Crippen LogP contribution in [-0.2, 0) is 5.41 Å². The molecule has 0 saturated heterocycles. The van der Waals surface area contributed by atoms with Gasteiger partial charge in [0.05, 0.1) is 11.1 Å². The summed E-state index contributed by atoms with van der Waals surface area (Å²) in [6.07, 6.45) is 0. The molecule has 0 unspecified atom stereocenters. The molecule has 0 fully saturated rings. The molecule has 2 aliphatic heterocycles. The number of fused-ring (bicyclic) bond motifs is 15. The molecule has 3 heterocycles. The number of nitrogens with zero attached hydrogens (tertiary/aromatic N) is 2. The van der Waals surface area contributed by atoms with E-state index in [-0.39, 0.29) is 6.71 Å². The fraction of sp³-hybridized carbons (Fsp3) is 0.0492. The lowest BCUT2D eigenvalue weighted by Gasteiger charge is -2.43. The minimum Gasteiger partial charge on any atom is -0.311 e. The van der Waals surface area contributed by atoms with Crippen LogP contribution in [-0.4, -0.2) is 6.71 Å². The lowest BCUT2D eigenvalue weighted by molar-refractivity contribution is 0.810. The molecule has 304 valence electrons. The van der Waals surface area contributed by atoms with Gasteiger partial charge >= 0.3 is 0 Å². The van der Waals surface area contributed by atoms with Crippen molar-refractivity contribution in [3.63, 3.8) is 0 Å². The van der Waals surface area contributed by atoms with E-state index in [0.717, 1.165) is 5.69 Å². The van der Waals surface area contributed by atoms with E-state index in [2.05, 4.69) is 247 Å². The Morgan fingerprint density at radius 3 is 1.63 bits per heavy atom. The molecule has 4 heteroatoms. The molecule has 14 rings (SSSR count). The number of para-hydroxylation sites is 2. The molecule has 0 saturated carbocycles. The molecule has 2 nitrogen and oxygen atoms in total. The van der Waals surface area contributed by atoms with Crippen molar-refractivity contribution in [3.05, 3.63) is 245 Å². The highest BCUT2D eigenvalue weighted by Crippen LogP contribution is 2.67. The molecule has 0 atom stereocenters. The van der Waals surface area contributed by atoms with E-state index >= 15 is 0 Å². The van der Waals surface area contributed by atoms with E-state index in [4.69, 9.17) is 0 Å². The van der Waals surface area contributed by atoms with E-state index in [0.29, 0.717) is 0 Å². The second kappa shape index (κ2) is 13.7. The zero-order chi connectivity index (χ0) is 43.0. The summed E-state index contributed by atoms with van der Waals surface area (Å²) in [5.74, 6) is 0. The summed E-state index contributed by atoms with van der Waals surface area (Å²) in [5.41, 5.74) is 26.5. The Kier molecular flexibility index (Phi) is 7.74. The second-order valence-corrected chi connectivity index (χ2v) is 19.1. The van der Waals surface area contributed by atoms with Gasteiger partial charge in [-0.25, -0.2) is 0 Å². The molecule has 4 aliphatic rings. The van der Waals surface area contributed by atoms with E-state index in [9.17, 15) is 0 Å². The first-order chi connectivity index (χ1) is 32.1. The van der Waals surface area contributed by atoms with Crippen LogP contribution in [0, 0.1) is 13.8 Å².